The van der Waals surface area contributed by atoms with Gasteiger partial charge in [0.2, 0.25) is 0 Å². The second-order valence-corrected chi connectivity index (χ2v) is 20.6. The second-order valence-electron chi connectivity index (χ2n) is 18.7. The molecule has 0 spiro atoms. The Morgan fingerprint density at radius 1 is 0.521 bits per heavy atom. The van der Waals surface area contributed by atoms with Crippen LogP contribution >= 0.6 is 35.0 Å². The van der Waals surface area contributed by atoms with Gasteiger partial charge in [-0.25, -0.2) is 15.0 Å². The highest BCUT2D eigenvalue weighted by molar-refractivity contribution is 7.99. The predicted octanol–water partition coefficient (Wildman–Crippen LogP) is 10.4. The zero-order chi connectivity index (χ0) is 50.1. The fourth-order valence-electron chi connectivity index (χ4n) is 9.48. The van der Waals surface area contributed by atoms with E-state index in [1.807, 2.05) is 66.7 Å². The van der Waals surface area contributed by atoms with E-state index in [2.05, 4.69) is 116 Å². The molecule has 6 aromatic rings. The SMILES string of the molecule is CN1CCN(C2=Nc3cc(Cl)ccc3Nc3ccccc32)CC1.CN1CCN(C2=Nc3ccccc3Oc3ccc(Cl)cc32)CC1.OCCOCCN1CCN(C2=Nc3ccccc3Sc3ccccc32)CC1. The number of fused-ring (bicyclic) bond motifs is 6. The number of aliphatic hydroxyl groups is 1. The van der Waals surface area contributed by atoms with Crippen LogP contribution in [0, 0.1) is 0 Å². The molecule has 378 valence electrons. The van der Waals surface area contributed by atoms with Crippen molar-refractivity contribution in [2.24, 2.45) is 15.0 Å². The molecule has 3 fully saturated rings. The summed E-state index contributed by atoms with van der Waals surface area (Å²) < 4.78 is 11.5. The van der Waals surface area contributed by atoms with Gasteiger partial charge in [0.25, 0.3) is 0 Å². The van der Waals surface area contributed by atoms with Gasteiger partial charge in [-0.3, -0.25) is 4.90 Å². The van der Waals surface area contributed by atoms with Crippen LogP contribution in [0.25, 0.3) is 0 Å². The van der Waals surface area contributed by atoms with Gasteiger partial charge in [0.05, 0.1) is 42.4 Å². The summed E-state index contributed by atoms with van der Waals surface area (Å²) in [5.74, 6) is 4.64. The first-order chi connectivity index (χ1) is 35.8. The average Bonchev–Trinajstić information content (AvgIpc) is 3.78. The number of likely N-dealkylation sites (N-methyl/N-ethyl adjacent to an activating group) is 2. The molecule has 6 aromatic carbocycles. The minimum absolute atomic E-state index is 0.0898. The lowest BCUT2D eigenvalue weighted by atomic mass is 10.1. The van der Waals surface area contributed by atoms with Crippen LogP contribution in [0.5, 0.6) is 11.5 Å². The molecule has 73 heavy (non-hydrogen) atoms. The van der Waals surface area contributed by atoms with Gasteiger partial charge in [0.1, 0.15) is 28.9 Å². The Morgan fingerprint density at radius 3 is 1.79 bits per heavy atom. The number of amidine groups is 3. The molecule has 0 saturated carbocycles. The van der Waals surface area contributed by atoms with Crippen molar-refractivity contribution in [3.63, 3.8) is 0 Å². The van der Waals surface area contributed by atoms with Crippen LogP contribution in [0.15, 0.2) is 158 Å². The number of aliphatic imine (C=N–C) groups is 3. The number of anilines is 2. The molecule has 2 N–H and O–H groups in total. The molecule has 0 unspecified atom stereocenters. The van der Waals surface area contributed by atoms with Gasteiger partial charge in [-0.05, 0) is 93.0 Å². The molecule has 6 aliphatic heterocycles. The number of ether oxygens (including phenoxy) is 2. The maximum Gasteiger partial charge on any atom is 0.153 e. The van der Waals surface area contributed by atoms with Crippen molar-refractivity contribution in [2.75, 3.05) is 124 Å². The highest BCUT2D eigenvalue weighted by atomic mass is 35.5. The number of hydrogen-bond acceptors (Lipinski definition) is 14. The van der Waals surface area contributed by atoms with Crippen molar-refractivity contribution >= 4 is 80.9 Å². The highest BCUT2D eigenvalue weighted by Gasteiger charge is 2.28. The first-order valence-electron chi connectivity index (χ1n) is 25.1. The van der Waals surface area contributed by atoms with E-state index in [-0.39, 0.29) is 6.61 Å². The van der Waals surface area contributed by atoms with Crippen LogP contribution in [0.2, 0.25) is 10.0 Å². The zero-order valence-corrected chi connectivity index (χ0v) is 43.8. The number of hydrogen-bond donors (Lipinski definition) is 2. The van der Waals surface area contributed by atoms with Gasteiger partial charge < -0.3 is 44.4 Å². The summed E-state index contributed by atoms with van der Waals surface area (Å²) in [7, 11) is 4.31. The molecule has 0 bridgehead atoms. The summed E-state index contributed by atoms with van der Waals surface area (Å²) in [5.41, 5.74) is 8.20. The van der Waals surface area contributed by atoms with Crippen LogP contribution in [0.1, 0.15) is 16.7 Å². The smallest absolute Gasteiger partial charge is 0.153 e. The lowest BCUT2D eigenvalue weighted by molar-refractivity contribution is 0.0652. The summed E-state index contributed by atoms with van der Waals surface area (Å²) in [6, 6.07) is 44.7. The molecule has 0 amide bonds. The van der Waals surface area contributed by atoms with Crippen LogP contribution in [-0.4, -0.2) is 171 Å². The minimum Gasteiger partial charge on any atom is -0.454 e. The van der Waals surface area contributed by atoms with Gasteiger partial charge in [-0.2, -0.15) is 0 Å². The Labute approximate surface area is 443 Å². The average molecular weight is 1040 g/mol. The maximum absolute atomic E-state index is 8.79. The van der Waals surface area contributed by atoms with Crippen LogP contribution in [-0.2, 0) is 4.74 Å². The molecule has 0 aliphatic carbocycles. The fraction of sp³-hybridized carbons (Fsp3) is 0.316. The predicted molar refractivity (Wildman–Crippen MR) is 299 cm³/mol. The normalized spacial score (nSPS) is 17.4. The third kappa shape index (κ3) is 12.4. The fourth-order valence-corrected chi connectivity index (χ4v) is 10.8. The maximum atomic E-state index is 8.79. The molecule has 12 rings (SSSR count). The number of benzene rings is 6. The Balaban J connectivity index is 0.000000126. The molecule has 0 atom stereocenters. The van der Waals surface area contributed by atoms with E-state index in [9.17, 15) is 0 Å². The molecular formula is C57H62Cl2N10O3S. The van der Waals surface area contributed by atoms with Gasteiger partial charge in [-0.15, -0.1) is 0 Å². The number of rotatable bonds is 5. The highest BCUT2D eigenvalue weighted by Crippen LogP contribution is 2.42. The Morgan fingerprint density at radius 2 is 1.07 bits per heavy atom. The van der Waals surface area contributed by atoms with Crippen molar-refractivity contribution in [3.8, 4) is 11.5 Å². The van der Waals surface area contributed by atoms with Crippen molar-refractivity contribution in [1.29, 1.82) is 0 Å². The summed E-state index contributed by atoms with van der Waals surface area (Å²) in [6.45, 7) is 14.0. The van der Waals surface area contributed by atoms with Crippen molar-refractivity contribution in [1.82, 2.24) is 29.4 Å². The summed E-state index contributed by atoms with van der Waals surface area (Å²) >= 11 is 14.2. The number of piperazine rings is 3. The molecule has 6 heterocycles. The Hall–Kier alpha value is -5.94. The third-order valence-corrected chi connectivity index (χ3v) is 15.2. The van der Waals surface area contributed by atoms with Crippen molar-refractivity contribution in [3.05, 3.63) is 160 Å². The number of aliphatic hydroxyl groups excluding tert-OH is 1. The van der Waals surface area contributed by atoms with Gasteiger partial charge in [0, 0.05) is 122 Å². The molecule has 0 radical (unpaired) electrons. The second kappa shape index (κ2) is 23.9. The number of nitrogens with one attached hydrogen (secondary N) is 1. The van der Waals surface area contributed by atoms with E-state index in [1.165, 1.54) is 15.4 Å². The quantitative estimate of drug-likeness (QED) is 0.161. The Bertz CT molecular complexity index is 2970. The largest absolute Gasteiger partial charge is 0.454 e. The third-order valence-electron chi connectivity index (χ3n) is 13.6. The lowest BCUT2D eigenvalue weighted by Gasteiger charge is -2.36. The first-order valence-corrected chi connectivity index (χ1v) is 26.7. The summed E-state index contributed by atoms with van der Waals surface area (Å²) in [5, 5.41) is 13.7. The monoisotopic (exact) mass is 1040 g/mol. The number of nitrogens with zero attached hydrogens (tertiary/aromatic N) is 9. The molecule has 13 nitrogen and oxygen atoms in total. The van der Waals surface area contributed by atoms with E-state index in [0.717, 1.165) is 154 Å². The molecule has 6 aliphatic rings. The van der Waals surface area contributed by atoms with E-state index in [0.29, 0.717) is 23.3 Å². The first kappa shape index (κ1) is 50.6. The van der Waals surface area contributed by atoms with Crippen LogP contribution < -0.4 is 10.1 Å². The van der Waals surface area contributed by atoms with E-state index in [1.54, 1.807) is 11.8 Å². The zero-order valence-electron chi connectivity index (χ0n) is 41.5. The van der Waals surface area contributed by atoms with Gasteiger partial charge in [-0.1, -0.05) is 89.6 Å². The molecular weight excluding hydrogens is 976 g/mol. The van der Waals surface area contributed by atoms with Crippen molar-refractivity contribution < 1.29 is 14.6 Å². The Kier molecular flexibility index (Phi) is 16.6. The minimum atomic E-state index is 0.0898. The molecule has 0 aromatic heterocycles. The molecule has 16 heteroatoms. The summed E-state index contributed by atoms with van der Waals surface area (Å²) in [6.07, 6.45) is 0. The van der Waals surface area contributed by atoms with E-state index >= 15 is 0 Å². The molecule has 3 saturated heterocycles. The van der Waals surface area contributed by atoms with Crippen LogP contribution in [0.4, 0.5) is 28.4 Å². The van der Waals surface area contributed by atoms with Gasteiger partial charge in [0.15, 0.2) is 5.75 Å². The lowest BCUT2D eigenvalue weighted by Crippen LogP contribution is -2.49. The topological polar surface area (TPSA) is 107 Å². The van der Waals surface area contributed by atoms with E-state index in [4.69, 9.17) is 52.8 Å². The standard InChI is InChI=1S/C21H25N3O2S.C18H19ClN4.C18H18ClN3O/c25-14-16-26-15-13-23-9-11-24(12-10-23)21-17-5-1-3-7-19(17)27-20-8-4-2-6-18(20)22-21;1-22-8-10-23(11-9-22)18-14-4-2-3-5-15(14)20-16-7-6-13(19)12-17(16)21-18;1-21-8-10-22(11-9-21)18-14-12-13(19)6-7-16(14)23-17-5-3-2-4-15(17)20-18/h1-8,25H,9-16H2;2-7,12,20H,8-11H2,1H3;2-7,12H,8-11H2,1H3. The number of para-hydroxylation sites is 4. The van der Waals surface area contributed by atoms with E-state index < -0.39 is 0 Å². The summed E-state index contributed by atoms with van der Waals surface area (Å²) in [4.78, 5) is 31.6. The van der Waals surface area contributed by atoms with Gasteiger partial charge >= 0.3 is 0 Å². The van der Waals surface area contributed by atoms with Crippen molar-refractivity contribution in [2.45, 2.75) is 9.79 Å². The van der Waals surface area contributed by atoms with Crippen LogP contribution in [0.3, 0.4) is 0 Å². The number of halogens is 2.